The fourth-order valence-corrected chi connectivity index (χ4v) is 2.59. The monoisotopic (exact) mass is 309 g/mol. The summed E-state index contributed by atoms with van der Waals surface area (Å²) < 4.78 is 1.45. The number of nitrogens with zero attached hydrogens (tertiary/aromatic N) is 4. The van der Waals surface area contributed by atoms with Crippen LogP contribution in [0.2, 0.25) is 0 Å². The first-order valence-corrected chi connectivity index (χ1v) is 7.11. The van der Waals surface area contributed by atoms with E-state index >= 15 is 0 Å². The van der Waals surface area contributed by atoms with Gasteiger partial charge in [-0.2, -0.15) is 5.10 Å². The number of carbonyl (C=O) groups excluding carboxylic acids is 1. The van der Waals surface area contributed by atoms with Crippen molar-refractivity contribution in [3.63, 3.8) is 0 Å². The average Bonchev–Trinajstić information content (AvgIpc) is 2.91. The number of anilines is 1. The van der Waals surface area contributed by atoms with Crippen molar-refractivity contribution >= 4 is 28.1 Å². The van der Waals surface area contributed by atoms with Gasteiger partial charge in [-0.15, -0.1) is 11.3 Å². The smallest absolute Gasteiger partial charge is 0.302 e. The number of amides is 1. The third-order valence-electron chi connectivity index (χ3n) is 3.10. The van der Waals surface area contributed by atoms with Crippen LogP contribution in [0.15, 0.2) is 6.20 Å². The topological polar surface area (TPSA) is 103 Å². The maximum atomic E-state index is 11.8. The Morgan fingerprint density at radius 2 is 2.19 bits per heavy atom. The summed E-state index contributed by atoms with van der Waals surface area (Å²) in [5, 5.41) is 17.9. The summed E-state index contributed by atoms with van der Waals surface area (Å²) in [7, 11) is 0. The lowest BCUT2D eigenvalue weighted by atomic mass is 10.3. The molecule has 0 aliphatic carbocycles. The molecule has 21 heavy (non-hydrogen) atoms. The minimum atomic E-state index is -0.486. The molecule has 0 aliphatic rings. The molecule has 8 nitrogen and oxygen atoms in total. The number of hydrogen-bond acceptors (Lipinski definition) is 6. The van der Waals surface area contributed by atoms with Crippen LogP contribution in [0.25, 0.3) is 0 Å². The molecule has 2 aromatic heterocycles. The molecule has 0 saturated carbocycles. The van der Waals surface area contributed by atoms with E-state index in [2.05, 4.69) is 15.4 Å². The van der Waals surface area contributed by atoms with Crippen molar-refractivity contribution in [2.45, 2.75) is 33.7 Å². The number of aromatic nitrogens is 3. The Morgan fingerprint density at radius 1 is 1.48 bits per heavy atom. The molecule has 0 radical (unpaired) electrons. The van der Waals surface area contributed by atoms with Crippen molar-refractivity contribution in [1.82, 2.24) is 14.8 Å². The zero-order valence-electron chi connectivity index (χ0n) is 11.9. The Morgan fingerprint density at radius 3 is 2.71 bits per heavy atom. The van der Waals surface area contributed by atoms with Crippen molar-refractivity contribution in [3.05, 3.63) is 32.6 Å². The van der Waals surface area contributed by atoms with Gasteiger partial charge in [0.2, 0.25) is 5.91 Å². The summed E-state index contributed by atoms with van der Waals surface area (Å²) in [6, 6.07) is 0. The average molecular weight is 309 g/mol. The van der Waals surface area contributed by atoms with Crippen LogP contribution in [-0.2, 0) is 11.3 Å². The zero-order valence-corrected chi connectivity index (χ0v) is 12.7. The van der Waals surface area contributed by atoms with Crippen molar-refractivity contribution in [2.75, 3.05) is 5.32 Å². The first-order valence-electron chi connectivity index (χ1n) is 6.29. The molecule has 2 heterocycles. The number of carbonyl (C=O) groups is 1. The van der Waals surface area contributed by atoms with E-state index in [1.807, 2.05) is 13.8 Å². The van der Waals surface area contributed by atoms with Crippen molar-refractivity contribution in [1.29, 1.82) is 0 Å². The number of hydrogen-bond donors (Lipinski definition) is 1. The molecule has 112 valence electrons. The second kappa shape index (κ2) is 6.00. The molecule has 0 aliphatic heterocycles. The summed E-state index contributed by atoms with van der Waals surface area (Å²) in [4.78, 5) is 27.4. The molecular weight excluding hydrogens is 294 g/mol. The first kappa shape index (κ1) is 15.1. The van der Waals surface area contributed by atoms with Crippen molar-refractivity contribution in [2.24, 2.45) is 0 Å². The first-order chi connectivity index (χ1) is 9.88. The van der Waals surface area contributed by atoms with E-state index in [-0.39, 0.29) is 24.6 Å². The number of nitro groups is 1. The molecule has 0 spiro atoms. The Balaban J connectivity index is 1.94. The van der Waals surface area contributed by atoms with E-state index in [0.717, 1.165) is 10.6 Å². The van der Waals surface area contributed by atoms with Gasteiger partial charge in [0.05, 0.1) is 17.2 Å². The molecule has 1 amide bonds. The van der Waals surface area contributed by atoms with E-state index in [1.165, 1.54) is 22.2 Å². The van der Waals surface area contributed by atoms with Crippen LogP contribution in [0.4, 0.5) is 10.8 Å². The van der Waals surface area contributed by atoms with Gasteiger partial charge in [0.25, 0.3) is 0 Å². The fourth-order valence-electron chi connectivity index (χ4n) is 1.76. The molecule has 0 saturated heterocycles. The van der Waals surface area contributed by atoms with Gasteiger partial charge in [0.15, 0.2) is 5.13 Å². The van der Waals surface area contributed by atoms with Crippen LogP contribution >= 0.6 is 11.3 Å². The lowest BCUT2D eigenvalue weighted by Crippen LogP contribution is -2.15. The lowest BCUT2D eigenvalue weighted by molar-refractivity contribution is -0.385. The van der Waals surface area contributed by atoms with Gasteiger partial charge < -0.3 is 5.32 Å². The van der Waals surface area contributed by atoms with Gasteiger partial charge >= 0.3 is 5.69 Å². The van der Waals surface area contributed by atoms with Gasteiger partial charge in [-0.05, 0) is 20.8 Å². The minimum absolute atomic E-state index is 0.0402. The number of rotatable bonds is 5. The van der Waals surface area contributed by atoms with E-state index in [9.17, 15) is 14.9 Å². The predicted octanol–water partition coefficient (Wildman–Crippen LogP) is 2.20. The number of nitrogens with one attached hydrogen (secondary N) is 1. The lowest BCUT2D eigenvalue weighted by Gasteiger charge is -2.03. The van der Waals surface area contributed by atoms with Crippen molar-refractivity contribution < 1.29 is 9.72 Å². The third-order valence-corrected chi connectivity index (χ3v) is 4.09. The highest BCUT2D eigenvalue weighted by molar-refractivity contribution is 7.15. The highest BCUT2D eigenvalue weighted by atomic mass is 32.1. The van der Waals surface area contributed by atoms with Crippen LogP contribution in [0.5, 0.6) is 0 Å². The van der Waals surface area contributed by atoms with Gasteiger partial charge in [0, 0.05) is 11.3 Å². The minimum Gasteiger partial charge on any atom is -0.302 e. The predicted molar refractivity (Wildman–Crippen MR) is 78.5 cm³/mol. The molecule has 2 rings (SSSR count). The van der Waals surface area contributed by atoms with Crippen LogP contribution in [0.1, 0.15) is 22.7 Å². The maximum Gasteiger partial charge on any atom is 0.309 e. The molecule has 2 aromatic rings. The molecule has 0 unspecified atom stereocenters. The number of aryl methyl sites for hydroxylation is 3. The van der Waals surface area contributed by atoms with Crippen LogP contribution in [0, 0.1) is 30.9 Å². The molecule has 0 fully saturated rings. The summed E-state index contributed by atoms with van der Waals surface area (Å²) in [5.74, 6) is -0.193. The summed E-state index contributed by atoms with van der Waals surface area (Å²) in [6.45, 7) is 5.72. The maximum absolute atomic E-state index is 11.8. The van der Waals surface area contributed by atoms with Gasteiger partial charge in [0.1, 0.15) is 11.9 Å². The van der Waals surface area contributed by atoms with Crippen LogP contribution in [-0.4, -0.2) is 25.6 Å². The van der Waals surface area contributed by atoms with Gasteiger partial charge in [-0.1, -0.05) is 0 Å². The molecular formula is C12H15N5O3S. The summed E-state index contributed by atoms with van der Waals surface area (Å²) in [5.41, 5.74) is 1.30. The second-order valence-corrected chi connectivity index (χ2v) is 5.76. The van der Waals surface area contributed by atoms with E-state index in [1.54, 1.807) is 6.92 Å². The van der Waals surface area contributed by atoms with Crippen LogP contribution in [0.3, 0.4) is 0 Å². The standard InChI is InChI=1S/C12H15N5O3S/c1-7-9(3)21-12(14-7)15-11(18)4-5-16-8(2)10(6-13-16)17(19)20/h6H,4-5H2,1-3H3,(H,14,15,18). The third kappa shape index (κ3) is 3.43. The largest absolute Gasteiger partial charge is 0.309 e. The summed E-state index contributed by atoms with van der Waals surface area (Å²) >= 11 is 1.42. The molecule has 0 aromatic carbocycles. The van der Waals surface area contributed by atoms with Gasteiger partial charge in [-0.25, -0.2) is 4.98 Å². The summed E-state index contributed by atoms with van der Waals surface area (Å²) in [6.07, 6.45) is 1.37. The molecule has 0 atom stereocenters. The van der Waals surface area contributed by atoms with E-state index in [0.29, 0.717) is 10.8 Å². The van der Waals surface area contributed by atoms with Crippen molar-refractivity contribution in [3.8, 4) is 0 Å². The Bertz CT molecular complexity index is 672. The Hall–Kier alpha value is -2.29. The van der Waals surface area contributed by atoms with Gasteiger partial charge in [-0.3, -0.25) is 19.6 Å². The molecule has 0 bridgehead atoms. The Kier molecular flexibility index (Phi) is 4.32. The van der Waals surface area contributed by atoms with E-state index < -0.39 is 4.92 Å². The highest BCUT2D eigenvalue weighted by Crippen LogP contribution is 2.21. The fraction of sp³-hybridized carbons (Fsp3) is 0.417. The van der Waals surface area contributed by atoms with E-state index in [4.69, 9.17) is 0 Å². The second-order valence-electron chi connectivity index (χ2n) is 4.55. The quantitative estimate of drug-likeness (QED) is 0.673. The zero-order chi connectivity index (χ0) is 15.6. The van der Waals surface area contributed by atoms with Crippen LogP contribution < -0.4 is 5.32 Å². The SMILES string of the molecule is Cc1nc(NC(=O)CCn2ncc([N+](=O)[O-])c2C)sc1C. The Labute approximate surface area is 125 Å². The molecule has 1 N–H and O–H groups in total. The highest BCUT2D eigenvalue weighted by Gasteiger charge is 2.17. The normalized spacial score (nSPS) is 10.6. The molecule has 9 heteroatoms. The number of thiazole rings is 1.